The molecule has 0 bridgehead atoms. The van der Waals surface area contributed by atoms with Gasteiger partial charge < -0.3 is 8.83 Å². The lowest BCUT2D eigenvalue weighted by molar-refractivity contribution is 0.554. The van der Waals surface area contributed by atoms with Crippen molar-refractivity contribution in [2.75, 3.05) is 0 Å². The second-order valence-electron chi connectivity index (χ2n) is 13.8. The molecular formula is C39H36N8O5. The van der Waals surface area contributed by atoms with Crippen molar-refractivity contribution in [3.8, 4) is 0 Å². The Morgan fingerprint density at radius 2 is 1.02 bits per heavy atom. The van der Waals surface area contributed by atoms with E-state index in [0.717, 1.165) is 44.1 Å². The van der Waals surface area contributed by atoms with E-state index in [1.54, 1.807) is 30.9 Å². The van der Waals surface area contributed by atoms with Gasteiger partial charge in [-0.1, -0.05) is 62.4 Å². The van der Waals surface area contributed by atoms with E-state index in [2.05, 4.69) is 48.3 Å². The summed E-state index contributed by atoms with van der Waals surface area (Å²) < 4.78 is 17.6. The molecule has 0 spiro atoms. The minimum Gasteiger partial charge on any atom is -0.423 e. The summed E-state index contributed by atoms with van der Waals surface area (Å²) in [5, 5.41) is 19.1. The number of aromatic nitrogens is 8. The maximum Gasteiger partial charge on any atom is 0.336 e. The summed E-state index contributed by atoms with van der Waals surface area (Å²) in [6.07, 6.45) is 3.57. The number of rotatable bonds is 10. The van der Waals surface area contributed by atoms with Gasteiger partial charge in [-0.15, -0.1) is 10.2 Å². The normalized spacial score (nSPS) is 12.0. The topological polar surface area (TPSA) is 149 Å². The zero-order valence-corrected chi connectivity index (χ0v) is 29.2. The van der Waals surface area contributed by atoms with Gasteiger partial charge in [0.15, 0.2) is 0 Å². The molecule has 13 nitrogen and oxygen atoms in total. The first-order chi connectivity index (χ1) is 25.1. The lowest BCUT2D eigenvalue weighted by atomic mass is 9.99. The lowest BCUT2D eigenvalue weighted by Crippen LogP contribution is -2.25. The van der Waals surface area contributed by atoms with E-state index in [4.69, 9.17) is 8.83 Å². The first kappa shape index (κ1) is 32.8. The molecule has 0 saturated carbocycles. The minimum absolute atomic E-state index is 0.191. The second-order valence-corrected chi connectivity index (χ2v) is 13.8. The van der Waals surface area contributed by atoms with Crippen LogP contribution in [0.5, 0.6) is 0 Å². The molecule has 0 fully saturated rings. The first-order valence-electron chi connectivity index (χ1n) is 17.2. The third kappa shape index (κ3) is 6.25. The van der Waals surface area contributed by atoms with Gasteiger partial charge in [-0.3, -0.25) is 9.13 Å². The predicted octanol–water partition coefficient (Wildman–Crippen LogP) is 5.64. The summed E-state index contributed by atoms with van der Waals surface area (Å²) in [4.78, 5) is 38.7. The van der Waals surface area contributed by atoms with Crippen LogP contribution < -0.4 is 16.9 Å². The predicted molar refractivity (Wildman–Crippen MR) is 196 cm³/mol. The zero-order chi connectivity index (χ0) is 36.1. The monoisotopic (exact) mass is 696 g/mol. The van der Waals surface area contributed by atoms with Gasteiger partial charge in [0.25, 0.3) is 0 Å². The zero-order valence-electron chi connectivity index (χ0n) is 29.2. The molecule has 0 saturated heterocycles. The van der Waals surface area contributed by atoms with Crippen LogP contribution in [0.4, 0.5) is 0 Å². The van der Waals surface area contributed by atoms with E-state index >= 15 is 0 Å². The van der Waals surface area contributed by atoms with Gasteiger partial charge in [0, 0.05) is 22.9 Å². The highest BCUT2D eigenvalue weighted by Crippen LogP contribution is 2.25. The molecule has 8 aromatic rings. The highest BCUT2D eigenvalue weighted by atomic mass is 16.4. The highest BCUT2D eigenvalue weighted by molar-refractivity contribution is 5.82. The molecule has 262 valence electrons. The van der Waals surface area contributed by atoms with E-state index in [0.29, 0.717) is 47.5 Å². The van der Waals surface area contributed by atoms with Crippen molar-refractivity contribution in [1.82, 2.24) is 39.1 Å². The molecule has 5 heterocycles. The summed E-state index contributed by atoms with van der Waals surface area (Å²) in [5.74, 6) is 0.625. The maximum atomic E-state index is 14.0. The number of benzene rings is 3. The fourth-order valence-corrected chi connectivity index (χ4v) is 6.70. The van der Waals surface area contributed by atoms with Crippen molar-refractivity contribution in [3.63, 3.8) is 0 Å². The van der Waals surface area contributed by atoms with Gasteiger partial charge in [0.1, 0.15) is 22.6 Å². The quantitative estimate of drug-likeness (QED) is 0.166. The number of fused-ring (bicyclic) bond motifs is 3. The molecule has 8 rings (SSSR count). The largest absolute Gasteiger partial charge is 0.423 e. The summed E-state index contributed by atoms with van der Waals surface area (Å²) in [6, 6.07) is 22.3. The summed E-state index contributed by atoms with van der Waals surface area (Å²) in [6.45, 7) is 9.46. The second kappa shape index (κ2) is 13.1. The van der Waals surface area contributed by atoms with E-state index in [-0.39, 0.29) is 18.8 Å². The molecule has 0 aliphatic heterocycles. The Bertz CT molecular complexity index is 2610. The SMILES string of the molecule is CC(C)c1ccc2oc(=O)cc(Cn3cc(Cn4c(=O)n(Cc5cn(Cc6cc(=O)oc7ccc(C(C)C)cc67)nn5)c5ccccc54)nn3)c2c1. The van der Waals surface area contributed by atoms with E-state index in [1.165, 1.54) is 12.1 Å². The molecule has 5 aromatic heterocycles. The summed E-state index contributed by atoms with van der Waals surface area (Å²) >= 11 is 0. The summed E-state index contributed by atoms with van der Waals surface area (Å²) in [5.41, 5.74) is 6.44. The molecule has 0 N–H and O–H groups in total. The molecule has 52 heavy (non-hydrogen) atoms. The lowest BCUT2D eigenvalue weighted by Gasteiger charge is -2.09. The van der Waals surface area contributed by atoms with Crippen molar-refractivity contribution in [2.24, 2.45) is 0 Å². The van der Waals surface area contributed by atoms with E-state index < -0.39 is 11.3 Å². The van der Waals surface area contributed by atoms with Crippen molar-refractivity contribution in [2.45, 2.75) is 65.7 Å². The smallest absolute Gasteiger partial charge is 0.336 e. The standard InChI is InChI=1S/C39H36N8O5/c1-23(2)25-9-11-35-31(13-25)27(15-37(48)51-35)17-44-19-29(40-42-44)21-46-33-7-5-6-8-34(33)47(39(46)50)22-30-20-45(43-41-30)18-28-16-38(49)52-36-12-10-26(24(3)4)14-32(28)36/h5-16,19-20,23-24H,17-18,21-22H2,1-4H3. The van der Waals surface area contributed by atoms with Crippen molar-refractivity contribution >= 4 is 33.0 Å². The van der Waals surface area contributed by atoms with Crippen LogP contribution in [0, 0.1) is 0 Å². The Labute approximate surface area is 296 Å². The Balaban J connectivity index is 1.05. The minimum atomic E-state index is -0.430. The van der Waals surface area contributed by atoms with Gasteiger partial charge in [0.2, 0.25) is 0 Å². The molecule has 0 amide bonds. The molecule has 0 aliphatic rings. The van der Waals surface area contributed by atoms with Crippen LogP contribution >= 0.6 is 0 Å². The van der Waals surface area contributed by atoms with Crippen LogP contribution in [0.2, 0.25) is 0 Å². The maximum absolute atomic E-state index is 14.0. The molecule has 0 aliphatic carbocycles. The van der Waals surface area contributed by atoms with Gasteiger partial charge in [0.05, 0.1) is 49.6 Å². The fraction of sp³-hybridized carbons (Fsp3) is 0.256. The van der Waals surface area contributed by atoms with E-state index in [1.807, 2.05) is 60.7 Å². The molecule has 0 unspecified atom stereocenters. The van der Waals surface area contributed by atoms with Gasteiger partial charge in [-0.25, -0.2) is 23.7 Å². The van der Waals surface area contributed by atoms with E-state index in [9.17, 15) is 14.4 Å². The molecule has 0 radical (unpaired) electrons. The van der Waals surface area contributed by atoms with Gasteiger partial charge >= 0.3 is 16.9 Å². The third-order valence-corrected chi connectivity index (χ3v) is 9.44. The number of hydrogen-bond acceptors (Lipinski definition) is 9. The van der Waals surface area contributed by atoms with Crippen LogP contribution in [0.1, 0.15) is 73.2 Å². The van der Waals surface area contributed by atoms with Crippen molar-refractivity contribution < 1.29 is 8.83 Å². The van der Waals surface area contributed by atoms with Crippen molar-refractivity contribution in [1.29, 1.82) is 0 Å². The fourth-order valence-electron chi connectivity index (χ4n) is 6.70. The molecule has 13 heteroatoms. The average Bonchev–Trinajstić information content (AvgIpc) is 3.83. The Morgan fingerprint density at radius 3 is 1.44 bits per heavy atom. The number of nitrogens with zero attached hydrogens (tertiary/aromatic N) is 8. The third-order valence-electron chi connectivity index (χ3n) is 9.44. The van der Waals surface area contributed by atoms with Gasteiger partial charge in [-0.2, -0.15) is 0 Å². The molecular weight excluding hydrogens is 660 g/mol. The van der Waals surface area contributed by atoms with Crippen LogP contribution in [-0.2, 0) is 26.2 Å². The van der Waals surface area contributed by atoms with Crippen LogP contribution in [-0.4, -0.2) is 39.1 Å². The number of para-hydroxylation sites is 2. The van der Waals surface area contributed by atoms with Crippen molar-refractivity contribution in [3.05, 3.63) is 150 Å². The van der Waals surface area contributed by atoms with Gasteiger partial charge in [-0.05, 0) is 70.5 Å². The molecule has 3 aromatic carbocycles. The first-order valence-corrected chi connectivity index (χ1v) is 17.2. The Kier molecular flexibility index (Phi) is 8.25. The Morgan fingerprint density at radius 1 is 0.577 bits per heavy atom. The van der Waals surface area contributed by atoms with Crippen LogP contribution in [0.3, 0.4) is 0 Å². The van der Waals surface area contributed by atoms with Crippen LogP contribution in [0.15, 0.2) is 108 Å². The summed E-state index contributed by atoms with van der Waals surface area (Å²) in [7, 11) is 0. The number of imidazole rings is 1. The highest BCUT2D eigenvalue weighted by Gasteiger charge is 2.18. The Hall–Kier alpha value is -6.37. The average molecular weight is 697 g/mol. The number of hydrogen-bond donors (Lipinski definition) is 0. The van der Waals surface area contributed by atoms with Crippen LogP contribution in [0.25, 0.3) is 33.0 Å². The molecule has 0 atom stereocenters.